The van der Waals surface area contributed by atoms with Crippen LogP contribution in [0.25, 0.3) is 0 Å². The van der Waals surface area contributed by atoms with E-state index in [1.807, 2.05) is 6.07 Å². The summed E-state index contributed by atoms with van der Waals surface area (Å²) < 4.78 is 5.22. The molecule has 1 aliphatic heterocycles. The van der Waals surface area contributed by atoms with Gasteiger partial charge in [0.25, 0.3) is 0 Å². The largest absolute Gasteiger partial charge is 0.478 e. The number of aromatic carboxylic acids is 1. The Kier molecular flexibility index (Phi) is 5.12. The van der Waals surface area contributed by atoms with Crippen molar-refractivity contribution in [1.82, 2.24) is 5.32 Å². The van der Waals surface area contributed by atoms with E-state index >= 15 is 0 Å². The van der Waals surface area contributed by atoms with E-state index in [0.717, 1.165) is 18.4 Å². The fourth-order valence-electron chi connectivity index (χ4n) is 2.37. The topological polar surface area (TPSA) is 75.6 Å². The molecule has 2 N–H and O–H groups in total. The highest BCUT2D eigenvalue weighted by atomic mass is 16.5. The van der Waals surface area contributed by atoms with Gasteiger partial charge in [0, 0.05) is 25.7 Å². The Morgan fingerprint density at radius 3 is 2.65 bits per heavy atom. The van der Waals surface area contributed by atoms with Crippen molar-refractivity contribution in [2.45, 2.75) is 19.3 Å². The van der Waals surface area contributed by atoms with Crippen LogP contribution >= 0.6 is 0 Å². The van der Waals surface area contributed by atoms with E-state index in [4.69, 9.17) is 9.84 Å². The summed E-state index contributed by atoms with van der Waals surface area (Å²) in [6.07, 6.45) is 2.05. The summed E-state index contributed by atoms with van der Waals surface area (Å²) >= 11 is 0. The maximum absolute atomic E-state index is 11.9. The van der Waals surface area contributed by atoms with Crippen molar-refractivity contribution in [2.24, 2.45) is 5.92 Å². The molecule has 5 heteroatoms. The number of carboxylic acid groups (broad SMARTS) is 1. The number of ether oxygens (including phenoxy) is 1. The fourth-order valence-corrected chi connectivity index (χ4v) is 2.37. The van der Waals surface area contributed by atoms with Crippen LogP contribution in [-0.4, -0.2) is 36.7 Å². The lowest BCUT2D eigenvalue weighted by molar-refractivity contribution is -0.127. The Morgan fingerprint density at radius 1 is 1.25 bits per heavy atom. The van der Waals surface area contributed by atoms with Crippen LogP contribution in [0.5, 0.6) is 0 Å². The summed E-state index contributed by atoms with van der Waals surface area (Å²) in [5.74, 6) is -0.865. The average molecular weight is 277 g/mol. The van der Waals surface area contributed by atoms with Crippen molar-refractivity contribution in [3.8, 4) is 0 Å². The molecule has 0 spiro atoms. The van der Waals surface area contributed by atoms with E-state index < -0.39 is 5.97 Å². The minimum Gasteiger partial charge on any atom is -0.478 e. The summed E-state index contributed by atoms with van der Waals surface area (Å²) in [7, 11) is 0. The molecule has 1 aromatic carbocycles. The highest BCUT2D eigenvalue weighted by Crippen LogP contribution is 2.14. The van der Waals surface area contributed by atoms with E-state index in [9.17, 15) is 9.59 Å². The first-order chi connectivity index (χ1) is 9.68. The Morgan fingerprint density at radius 2 is 1.95 bits per heavy atom. The number of benzene rings is 1. The molecule has 20 heavy (non-hydrogen) atoms. The first kappa shape index (κ1) is 14.5. The van der Waals surface area contributed by atoms with Crippen LogP contribution in [0.1, 0.15) is 28.8 Å². The molecule has 1 heterocycles. The number of carbonyl (C=O) groups is 2. The fraction of sp³-hybridized carbons (Fsp3) is 0.467. The summed E-state index contributed by atoms with van der Waals surface area (Å²) in [6, 6.07) is 6.87. The molecular weight excluding hydrogens is 258 g/mol. The lowest BCUT2D eigenvalue weighted by atomic mass is 9.99. The van der Waals surface area contributed by atoms with Crippen molar-refractivity contribution in [3.05, 3.63) is 35.4 Å². The zero-order valence-corrected chi connectivity index (χ0v) is 11.3. The molecule has 0 unspecified atom stereocenters. The zero-order chi connectivity index (χ0) is 14.4. The lowest BCUT2D eigenvalue weighted by Crippen LogP contribution is -2.35. The second kappa shape index (κ2) is 7.05. The van der Waals surface area contributed by atoms with Crippen LogP contribution in [0.4, 0.5) is 0 Å². The highest BCUT2D eigenvalue weighted by Gasteiger charge is 2.21. The third kappa shape index (κ3) is 3.81. The molecule has 108 valence electrons. The first-order valence-corrected chi connectivity index (χ1v) is 6.85. The second-order valence-corrected chi connectivity index (χ2v) is 4.89. The summed E-state index contributed by atoms with van der Waals surface area (Å²) in [6.45, 7) is 1.74. The van der Waals surface area contributed by atoms with Gasteiger partial charge in [0.15, 0.2) is 0 Å². The molecule has 0 aliphatic carbocycles. The number of hydrogen-bond acceptors (Lipinski definition) is 3. The van der Waals surface area contributed by atoms with E-state index in [-0.39, 0.29) is 11.8 Å². The number of amides is 1. The quantitative estimate of drug-likeness (QED) is 0.854. The molecule has 1 fully saturated rings. The minimum atomic E-state index is -0.934. The standard InChI is InChI=1S/C15H19NO4/c17-14(12-6-9-20-10-7-12)16-8-5-11-3-1-2-4-13(11)15(18)19/h1-4,12H,5-10H2,(H,16,17)(H,18,19). The summed E-state index contributed by atoms with van der Waals surface area (Å²) in [5, 5.41) is 12.0. The van der Waals surface area contributed by atoms with Crippen molar-refractivity contribution in [2.75, 3.05) is 19.8 Å². The summed E-state index contributed by atoms with van der Waals surface area (Å²) in [5.41, 5.74) is 1.04. The Labute approximate surface area is 117 Å². The monoisotopic (exact) mass is 277 g/mol. The van der Waals surface area contributed by atoms with Gasteiger partial charge in [-0.05, 0) is 30.9 Å². The van der Waals surface area contributed by atoms with Gasteiger partial charge in [-0.3, -0.25) is 4.79 Å². The average Bonchev–Trinajstić information content (AvgIpc) is 2.48. The van der Waals surface area contributed by atoms with Crippen molar-refractivity contribution in [3.63, 3.8) is 0 Å². The highest BCUT2D eigenvalue weighted by molar-refractivity contribution is 5.89. The normalized spacial score (nSPS) is 15.8. The van der Waals surface area contributed by atoms with Crippen molar-refractivity contribution < 1.29 is 19.4 Å². The van der Waals surface area contributed by atoms with Gasteiger partial charge in [-0.15, -0.1) is 0 Å². The molecule has 5 nitrogen and oxygen atoms in total. The van der Waals surface area contributed by atoms with Gasteiger partial charge in [0.05, 0.1) is 5.56 Å². The second-order valence-electron chi connectivity index (χ2n) is 4.89. The molecule has 0 bridgehead atoms. The van der Waals surface area contributed by atoms with Crippen LogP contribution in [0.3, 0.4) is 0 Å². The van der Waals surface area contributed by atoms with Crippen LogP contribution in [0, 0.1) is 5.92 Å². The molecule has 0 atom stereocenters. The Balaban J connectivity index is 1.83. The van der Waals surface area contributed by atoms with Gasteiger partial charge in [-0.1, -0.05) is 18.2 Å². The van der Waals surface area contributed by atoms with Crippen molar-refractivity contribution in [1.29, 1.82) is 0 Å². The predicted molar refractivity (Wildman–Crippen MR) is 73.7 cm³/mol. The van der Waals surface area contributed by atoms with E-state index in [1.54, 1.807) is 18.2 Å². The maximum atomic E-state index is 11.9. The molecule has 0 radical (unpaired) electrons. The first-order valence-electron chi connectivity index (χ1n) is 6.85. The number of nitrogens with one attached hydrogen (secondary N) is 1. The predicted octanol–water partition coefficient (Wildman–Crippen LogP) is 1.47. The third-order valence-corrected chi connectivity index (χ3v) is 3.53. The third-order valence-electron chi connectivity index (χ3n) is 3.53. The molecule has 1 saturated heterocycles. The number of hydrogen-bond donors (Lipinski definition) is 2. The van der Waals surface area contributed by atoms with Gasteiger partial charge in [-0.25, -0.2) is 4.79 Å². The van der Waals surface area contributed by atoms with Crippen molar-refractivity contribution >= 4 is 11.9 Å². The van der Waals surface area contributed by atoms with Crippen LogP contribution in [-0.2, 0) is 16.0 Å². The van der Waals surface area contributed by atoms with E-state index in [1.165, 1.54) is 0 Å². The summed E-state index contributed by atoms with van der Waals surface area (Å²) in [4.78, 5) is 23.0. The van der Waals surface area contributed by atoms with Gasteiger partial charge in [0.2, 0.25) is 5.91 Å². The Hall–Kier alpha value is -1.88. The van der Waals surface area contributed by atoms with Gasteiger partial charge < -0.3 is 15.2 Å². The lowest BCUT2D eigenvalue weighted by Gasteiger charge is -2.21. The smallest absolute Gasteiger partial charge is 0.335 e. The molecule has 0 saturated carbocycles. The van der Waals surface area contributed by atoms with Crippen LogP contribution in [0.15, 0.2) is 24.3 Å². The number of carboxylic acids is 1. The van der Waals surface area contributed by atoms with Crippen LogP contribution < -0.4 is 5.32 Å². The molecule has 1 amide bonds. The zero-order valence-electron chi connectivity index (χ0n) is 11.3. The molecule has 0 aromatic heterocycles. The van der Waals surface area contributed by atoms with E-state index in [2.05, 4.69) is 5.32 Å². The van der Waals surface area contributed by atoms with Gasteiger partial charge >= 0.3 is 5.97 Å². The van der Waals surface area contributed by atoms with Gasteiger partial charge in [-0.2, -0.15) is 0 Å². The van der Waals surface area contributed by atoms with Gasteiger partial charge in [0.1, 0.15) is 0 Å². The van der Waals surface area contributed by atoms with Crippen LogP contribution in [0.2, 0.25) is 0 Å². The minimum absolute atomic E-state index is 0.0264. The number of rotatable bonds is 5. The molecule has 1 aliphatic rings. The molecule has 1 aromatic rings. The molecular formula is C15H19NO4. The van der Waals surface area contributed by atoms with E-state index in [0.29, 0.717) is 31.7 Å². The number of carbonyl (C=O) groups excluding carboxylic acids is 1. The maximum Gasteiger partial charge on any atom is 0.335 e. The Bertz CT molecular complexity index is 481. The molecule has 2 rings (SSSR count). The SMILES string of the molecule is O=C(O)c1ccccc1CCNC(=O)C1CCOCC1.